The number of carbonyl (C=O) groups is 1. The monoisotopic (exact) mass is 373 g/mol. The van der Waals surface area contributed by atoms with E-state index in [2.05, 4.69) is 10.1 Å². The highest BCUT2D eigenvalue weighted by molar-refractivity contribution is 6.30. The molecule has 3 aromatic rings. The highest BCUT2D eigenvalue weighted by Crippen LogP contribution is 2.22. The van der Waals surface area contributed by atoms with Gasteiger partial charge in [0.05, 0.1) is 6.54 Å². The smallest absolute Gasteiger partial charge is 0.306 e. The zero-order chi connectivity index (χ0) is 18.4. The molecule has 1 aromatic heterocycles. The Labute approximate surface area is 155 Å². The van der Waals surface area contributed by atoms with Gasteiger partial charge >= 0.3 is 5.97 Å². The lowest BCUT2D eigenvalue weighted by molar-refractivity contribution is -0.150. The number of ether oxygens (including phenoxy) is 1. The van der Waals surface area contributed by atoms with E-state index in [0.717, 1.165) is 11.1 Å². The Hall–Kier alpha value is -2.73. The first-order valence-electron chi connectivity index (χ1n) is 8.12. The Bertz CT molecular complexity index is 836. The summed E-state index contributed by atoms with van der Waals surface area (Å²) in [6.07, 6.45) is 3.17. The van der Waals surface area contributed by atoms with Gasteiger partial charge in [-0.1, -0.05) is 35.9 Å². The van der Waals surface area contributed by atoms with Crippen molar-refractivity contribution in [3.63, 3.8) is 0 Å². The largest absolute Gasteiger partial charge is 0.455 e. The number of benzene rings is 2. The molecule has 3 rings (SSSR count). The van der Waals surface area contributed by atoms with Gasteiger partial charge in [0.2, 0.25) is 0 Å². The van der Waals surface area contributed by atoms with Gasteiger partial charge in [-0.2, -0.15) is 5.10 Å². The Kier molecular flexibility index (Phi) is 5.96. The Morgan fingerprint density at radius 3 is 2.54 bits per heavy atom. The first-order chi connectivity index (χ1) is 12.6. The molecule has 0 spiro atoms. The van der Waals surface area contributed by atoms with E-state index in [1.54, 1.807) is 35.3 Å². The molecule has 0 saturated carbocycles. The molecule has 26 heavy (non-hydrogen) atoms. The van der Waals surface area contributed by atoms with Crippen LogP contribution >= 0.6 is 11.6 Å². The fourth-order valence-corrected chi connectivity index (χ4v) is 2.63. The van der Waals surface area contributed by atoms with Crippen molar-refractivity contribution in [3.8, 4) is 0 Å². The third kappa shape index (κ3) is 5.13. The Morgan fingerprint density at radius 2 is 1.88 bits per heavy atom. The molecule has 2 aromatic carbocycles. The van der Waals surface area contributed by atoms with E-state index in [1.807, 2.05) is 12.1 Å². The first kappa shape index (κ1) is 18.1. The minimum Gasteiger partial charge on any atom is -0.455 e. The second kappa shape index (κ2) is 8.58. The number of rotatable bonds is 7. The number of hydrogen-bond acceptors (Lipinski definition) is 4. The number of aryl methyl sites for hydroxylation is 1. The van der Waals surface area contributed by atoms with Gasteiger partial charge in [-0.25, -0.2) is 14.1 Å². The molecule has 134 valence electrons. The summed E-state index contributed by atoms with van der Waals surface area (Å²) in [5.74, 6) is -0.638. The number of esters is 1. The van der Waals surface area contributed by atoms with Crippen LogP contribution in [0.15, 0.2) is 61.2 Å². The van der Waals surface area contributed by atoms with Crippen molar-refractivity contribution in [3.05, 3.63) is 83.2 Å². The molecule has 7 heteroatoms. The molecule has 0 bridgehead atoms. The molecule has 1 atom stereocenters. The third-order valence-electron chi connectivity index (χ3n) is 3.87. The molecule has 0 saturated heterocycles. The lowest BCUT2D eigenvalue weighted by Gasteiger charge is -2.18. The normalized spacial score (nSPS) is 11.9. The van der Waals surface area contributed by atoms with Crippen LogP contribution in [0.25, 0.3) is 0 Å². The quantitative estimate of drug-likeness (QED) is 0.588. The second-order valence-corrected chi connectivity index (χ2v) is 6.21. The summed E-state index contributed by atoms with van der Waals surface area (Å²) in [5.41, 5.74) is 1.70. The predicted octanol–water partition coefficient (Wildman–Crippen LogP) is 3.99. The fourth-order valence-electron chi connectivity index (χ4n) is 2.50. The van der Waals surface area contributed by atoms with Crippen LogP contribution in [0.1, 0.15) is 23.7 Å². The lowest BCUT2D eigenvalue weighted by Crippen LogP contribution is -2.17. The van der Waals surface area contributed by atoms with Crippen molar-refractivity contribution in [2.75, 3.05) is 0 Å². The zero-order valence-corrected chi connectivity index (χ0v) is 14.6. The summed E-state index contributed by atoms with van der Waals surface area (Å²) < 4.78 is 20.2. The molecule has 0 aliphatic heterocycles. The van der Waals surface area contributed by atoms with Crippen molar-refractivity contribution < 1.29 is 13.9 Å². The zero-order valence-electron chi connectivity index (χ0n) is 13.9. The minimum absolute atomic E-state index is 0.201. The van der Waals surface area contributed by atoms with E-state index >= 15 is 0 Å². The van der Waals surface area contributed by atoms with Crippen molar-refractivity contribution in [1.29, 1.82) is 0 Å². The van der Waals surface area contributed by atoms with Crippen LogP contribution in [0.3, 0.4) is 0 Å². The van der Waals surface area contributed by atoms with Crippen molar-refractivity contribution in [2.45, 2.75) is 25.5 Å². The standard InChI is InChI=1S/C19H17ClFN3O2/c20-16-6-4-15(5-7-16)18(11-24-13-22-12-23-24)26-19(25)10-3-14-1-8-17(21)9-2-14/h1-2,4-9,12-13,18H,3,10-11H2. The predicted molar refractivity (Wildman–Crippen MR) is 95.0 cm³/mol. The maximum atomic E-state index is 12.9. The first-order valence-corrected chi connectivity index (χ1v) is 8.50. The van der Waals surface area contributed by atoms with Crippen LogP contribution in [-0.4, -0.2) is 20.7 Å². The molecule has 0 amide bonds. The minimum atomic E-state index is -0.505. The SMILES string of the molecule is O=C(CCc1ccc(F)cc1)OC(Cn1cncn1)c1ccc(Cl)cc1. The summed E-state index contributed by atoms with van der Waals surface area (Å²) >= 11 is 5.93. The van der Waals surface area contributed by atoms with Gasteiger partial charge in [0, 0.05) is 11.4 Å². The van der Waals surface area contributed by atoms with E-state index in [4.69, 9.17) is 16.3 Å². The van der Waals surface area contributed by atoms with E-state index in [0.29, 0.717) is 18.0 Å². The molecular weight excluding hydrogens is 357 g/mol. The highest BCUT2D eigenvalue weighted by Gasteiger charge is 2.18. The fraction of sp³-hybridized carbons (Fsp3) is 0.211. The molecule has 0 fully saturated rings. The van der Waals surface area contributed by atoms with Crippen molar-refractivity contribution >= 4 is 17.6 Å². The summed E-state index contributed by atoms with van der Waals surface area (Å²) in [7, 11) is 0. The molecule has 0 N–H and O–H groups in total. The molecule has 0 aliphatic rings. The molecule has 5 nitrogen and oxygen atoms in total. The van der Waals surface area contributed by atoms with Crippen LogP contribution < -0.4 is 0 Å². The van der Waals surface area contributed by atoms with Gasteiger partial charge in [-0.3, -0.25) is 4.79 Å². The third-order valence-corrected chi connectivity index (χ3v) is 4.12. The summed E-state index contributed by atoms with van der Waals surface area (Å²) in [6.45, 7) is 0.351. The molecule has 1 unspecified atom stereocenters. The number of halogens is 2. The maximum absolute atomic E-state index is 12.9. The Morgan fingerprint density at radius 1 is 1.15 bits per heavy atom. The number of hydrogen-bond donors (Lipinski definition) is 0. The van der Waals surface area contributed by atoms with Gasteiger partial charge in [0.25, 0.3) is 0 Å². The average molecular weight is 374 g/mol. The molecule has 0 aliphatic carbocycles. The van der Waals surface area contributed by atoms with Crippen LogP contribution in [0.2, 0.25) is 5.02 Å². The Balaban J connectivity index is 1.65. The van der Waals surface area contributed by atoms with Crippen LogP contribution in [0, 0.1) is 5.82 Å². The van der Waals surface area contributed by atoms with E-state index in [9.17, 15) is 9.18 Å². The van der Waals surface area contributed by atoms with E-state index < -0.39 is 6.10 Å². The van der Waals surface area contributed by atoms with Gasteiger partial charge in [-0.05, 0) is 41.8 Å². The van der Waals surface area contributed by atoms with Gasteiger partial charge < -0.3 is 4.74 Å². The van der Waals surface area contributed by atoms with Crippen LogP contribution in [0.5, 0.6) is 0 Å². The number of nitrogens with zero attached hydrogens (tertiary/aromatic N) is 3. The summed E-state index contributed by atoms with van der Waals surface area (Å²) in [4.78, 5) is 16.2. The van der Waals surface area contributed by atoms with E-state index in [1.165, 1.54) is 18.5 Å². The van der Waals surface area contributed by atoms with E-state index in [-0.39, 0.29) is 18.2 Å². The molecule has 0 radical (unpaired) electrons. The molecular formula is C19H17ClFN3O2. The summed E-state index contributed by atoms with van der Waals surface area (Å²) in [5, 5.41) is 4.67. The van der Waals surface area contributed by atoms with Gasteiger partial charge in [-0.15, -0.1) is 0 Å². The van der Waals surface area contributed by atoms with Crippen molar-refractivity contribution in [1.82, 2.24) is 14.8 Å². The van der Waals surface area contributed by atoms with Gasteiger partial charge in [0.15, 0.2) is 0 Å². The lowest BCUT2D eigenvalue weighted by atomic mass is 10.1. The van der Waals surface area contributed by atoms with Gasteiger partial charge in [0.1, 0.15) is 24.6 Å². The van der Waals surface area contributed by atoms with Crippen LogP contribution in [0.4, 0.5) is 4.39 Å². The van der Waals surface area contributed by atoms with Crippen molar-refractivity contribution in [2.24, 2.45) is 0 Å². The highest BCUT2D eigenvalue weighted by atomic mass is 35.5. The number of carbonyl (C=O) groups excluding carboxylic acids is 1. The second-order valence-electron chi connectivity index (χ2n) is 5.77. The maximum Gasteiger partial charge on any atom is 0.306 e. The topological polar surface area (TPSA) is 57.0 Å². The molecule has 1 heterocycles. The average Bonchev–Trinajstić information content (AvgIpc) is 3.14. The summed E-state index contributed by atoms with van der Waals surface area (Å²) in [6, 6.07) is 13.2. The number of aromatic nitrogens is 3. The van der Waals surface area contributed by atoms with Crippen LogP contribution in [-0.2, 0) is 22.5 Å².